The number of hydrogen-bond donors (Lipinski definition) is 0. The first-order chi connectivity index (χ1) is 2.77. The standard InChI is InChI=1S/C5H9S/c1-3-4-5(2)6/h3-5H,1-2H3. The molecule has 0 aliphatic carbocycles. The van der Waals surface area contributed by atoms with Crippen LogP contribution >= 0.6 is 12.6 Å². The van der Waals surface area contributed by atoms with E-state index < -0.39 is 0 Å². The monoisotopic (exact) mass is 101 g/mol. The number of rotatable bonds is 1. The Kier molecular flexibility index (Phi) is 3.34. The summed E-state index contributed by atoms with van der Waals surface area (Å²) in [5.74, 6) is 0. The first-order valence-electron chi connectivity index (χ1n) is 2.06. The van der Waals surface area contributed by atoms with E-state index in [1.165, 1.54) is 0 Å². The van der Waals surface area contributed by atoms with Crippen LogP contribution in [-0.4, -0.2) is 5.25 Å². The first-order valence-corrected chi connectivity index (χ1v) is 2.53. The highest BCUT2D eigenvalue weighted by atomic mass is 32.1. The van der Waals surface area contributed by atoms with Gasteiger partial charge in [-0.3, -0.25) is 0 Å². The van der Waals surface area contributed by atoms with E-state index in [4.69, 9.17) is 12.6 Å². The largest absolute Gasteiger partial charge is 0.0905 e. The van der Waals surface area contributed by atoms with Gasteiger partial charge >= 0.3 is 0 Å². The third-order valence-electron chi connectivity index (χ3n) is 0.463. The summed E-state index contributed by atoms with van der Waals surface area (Å²) in [7, 11) is 0. The predicted octanol–water partition coefficient (Wildman–Crippen LogP) is 2.15. The van der Waals surface area contributed by atoms with Crippen molar-refractivity contribution < 1.29 is 0 Å². The maximum atomic E-state index is 4.79. The first kappa shape index (κ1) is 6.09. The fourth-order valence-corrected chi connectivity index (χ4v) is 0.428. The maximum Gasteiger partial charge on any atom is 0.0302 e. The third-order valence-corrected chi connectivity index (χ3v) is 0.621. The van der Waals surface area contributed by atoms with Gasteiger partial charge in [0.2, 0.25) is 0 Å². The molecule has 0 saturated heterocycles. The molecule has 0 spiro atoms. The van der Waals surface area contributed by atoms with Gasteiger partial charge in [-0.2, -0.15) is 0 Å². The molecule has 0 fully saturated rings. The van der Waals surface area contributed by atoms with E-state index in [-0.39, 0.29) is 0 Å². The molecule has 0 amide bonds. The molecule has 0 bridgehead atoms. The van der Waals surface area contributed by atoms with E-state index in [0.29, 0.717) is 5.25 Å². The minimum Gasteiger partial charge on any atom is -0.0905 e. The van der Waals surface area contributed by atoms with E-state index in [9.17, 15) is 0 Å². The zero-order chi connectivity index (χ0) is 4.99. The van der Waals surface area contributed by atoms with E-state index in [2.05, 4.69) is 0 Å². The van der Waals surface area contributed by atoms with Crippen LogP contribution in [0, 0.1) is 0 Å². The van der Waals surface area contributed by atoms with Crippen LogP contribution in [0.3, 0.4) is 0 Å². The minimum absolute atomic E-state index is 0.301. The highest BCUT2D eigenvalue weighted by Gasteiger charge is 1.79. The Morgan fingerprint density at radius 2 is 2.17 bits per heavy atom. The lowest BCUT2D eigenvalue weighted by Crippen LogP contribution is -1.77. The molecule has 0 aromatic heterocycles. The molecule has 1 radical (unpaired) electrons. The van der Waals surface area contributed by atoms with Crippen molar-refractivity contribution in [1.82, 2.24) is 0 Å². The highest BCUT2D eigenvalue weighted by molar-refractivity contribution is 7.81. The second-order valence-electron chi connectivity index (χ2n) is 1.23. The molecule has 0 aliphatic heterocycles. The predicted molar refractivity (Wildman–Crippen MR) is 31.9 cm³/mol. The van der Waals surface area contributed by atoms with E-state index in [1.807, 2.05) is 26.0 Å². The van der Waals surface area contributed by atoms with Gasteiger partial charge in [-0.25, -0.2) is 0 Å². The van der Waals surface area contributed by atoms with E-state index >= 15 is 0 Å². The Bertz CT molecular complexity index is 45.9. The SMILES string of the molecule is CC=CC(C)[S]. The van der Waals surface area contributed by atoms with Gasteiger partial charge in [0.1, 0.15) is 0 Å². The average Bonchev–Trinajstić information content (AvgIpc) is 1.35. The third kappa shape index (κ3) is 4.09. The van der Waals surface area contributed by atoms with Crippen molar-refractivity contribution in [2.45, 2.75) is 19.1 Å². The van der Waals surface area contributed by atoms with Crippen LogP contribution in [0.25, 0.3) is 0 Å². The quantitative estimate of drug-likeness (QED) is 0.444. The molecule has 0 heterocycles. The summed E-state index contributed by atoms with van der Waals surface area (Å²) in [6.45, 7) is 3.96. The topological polar surface area (TPSA) is 0 Å². The molecule has 35 valence electrons. The smallest absolute Gasteiger partial charge is 0.0302 e. The molecular weight excluding hydrogens is 92.1 g/mol. The van der Waals surface area contributed by atoms with Crippen molar-refractivity contribution in [2.75, 3.05) is 0 Å². The second kappa shape index (κ2) is 3.29. The molecule has 0 nitrogen and oxygen atoms in total. The molecule has 0 rings (SSSR count). The molecule has 0 aromatic rings. The summed E-state index contributed by atoms with van der Waals surface area (Å²) >= 11 is 4.79. The van der Waals surface area contributed by atoms with Gasteiger partial charge in [0, 0.05) is 5.25 Å². The van der Waals surface area contributed by atoms with Gasteiger partial charge in [0.15, 0.2) is 0 Å². The van der Waals surface area contributed by atoms with Gasteiger partial charge in [0.25, 0.3) is 0 Å². The Morgan fingerprint density at radius 3 is 2.17 bits per heavy atom. The molecule has 0 aliphatic rings. The summed E-state index contributed by atoms with van der Waals surface area (Å²) < 4.78 is 0. The zero-order valence-corrected chi connectivity index (χ0v) is 4.96. The molecular formula is C5H9S. The van der Waals surface area contributed by atoms with Crippen LogP contribution in [0.1, 0.15) is 13.8 Å². The minimum atomic E-state index is 0.301. The van der Waals surface area contributed by atoms with Gasteiger partial charge < -0.3 is 0 Å². The van der Waals surface area contributed by atoms with Crippen LogP contribution < -0.4 is 0 Å². The van der Waals surface area contributed by atoms with Gasteiger partial charge in [-0.1, -0.05) is 24.8 Å². The van der Waals surface area contributed by atoms with E-state index in [1.54, 1.807) is 0 Å². The van der Waals surface area contributed by atoms with Crippen molar-refractivity contribution in [2.24, 2.45) is 0 Å². The summed E-state index contributed by atoms with van der Waals surface area (Å²) in [4.78, 5) is 0. The summed E-state index contributed by atoms with van der Waals surface area (Å²) in [5, 5.41) is 0.301. The lowest BCUT2D eigenvalue weighted by molar-refractivity contribution is 1.25. The normalized spacial score (nSPS) is 15.8. The van der Waals surface area contributed by atoms with Crippen LogP contribution in [-0.2, 0) is 0 Å². The molecule has 1 heteroatoms. The molecule has 0 N–H and O–H groups in total. The summed E-state index contributed by atoms with van der Waals surface area (Å²) in [6.07, 6.45) is 3.95. The molecule has 6 heavy (non-hydrogen) atoms. The van der Waals surface area contributed by atoms with Crippen molar-refractivity contribution in [3.8, 4) is 0 Å². The Morgan fingerprint density at radius 1 is 1.67 bits per heavy atom. The summed E-state index contributed by atoms with van der Waals surface area (Å²) in [5.41, 5.74) is 0. The molecule has 1 atom stereocenters. The fourth-order valence-electron chi connectivity index (χ4n) is 0.271. The molecule has 0 saturated carbocycles. The second-order valence-corrected chi connectivity index (χ2v) is 1.97. The van der Waals surface area contributed by atoms with Crippen molar-refractivity contribution in [3.63, 3.8) is 0 Å². The zero-order valence-electron chi connectivity index (χ0n) is 4.14. The Balaban J connectivity index is 3.03. The molecule has 0 aromatic carbocycles. The van der Waals surface area contributed by atoms with Crippen molar-refractivity contribution in [3.05, 3.63) is 12.2 Å². The van der Waals surface area contributed by atoms with Crippen molar-refractivity contribution >= 4 is 12.6 Å². The average molecular weight is 101 g/mol. The van der Waals surface area contributed by atoms with Crippen molar-refractivity contribution in [1.29, 1.82) is 0 Å². The van der Waals surface area contributed by atoms with Crippen LogP contribution in [0.4, 0.5) is 0 Å². The highest BCUT2D eigenvalue weighted by Crippen LogP contribution is 1.91. The van der Waals surface area contributed by atoms with Crippen LogP contribution in [0.2, 0.25) is 0 Å². The fraction of sp³-hybridized carbons (Fsp3) is 0.600. The van der Waals surface area contributed by atoms with Crippen LogP contribution in [0.5, 0.6) is 0 Å². The number of allylic oxidation sites excluding steroid dienone is 1. The Hall–Kier alpha value is 0.0900. The van der Waals surface area contributed by atoms with Gasteiger partial charge in [0.05, 0.1) is 0 Å². The van der Waals surface area contributed by atoms with E-state index in [0.717, 1.165) is 0 Å². The van der Waals surface area contributed by atoms with Crippen LogP contribution in [0.15, 0.2) is 12.2 Å². The van der Waals surface area contributed by atoms with Gasteiger partial charge in [-0.05, 0) is 13.8 Å². The molecule has 1 unspecified atom stereocenters. The maximum absolute atomic E-state index is 4.79. The number of hydrogen-bond acceptors (Lipinski definition) is 0. The Labute approximate surface area is 44.7 Å². The lowest BCUT2D eigenvalue weighted by atomic mass is 10.4. The lowest BCUT2D eigenvalue weighted by Gasteiger charge is -1.84. The van der Waals surface area contributed by atoms with Gasteiger partial charge in [-0.15, -0.1) is 0 Å². The summed E-state index contributed by atoms with van der Waals surface area (Å²) in [6, 6.07) is 0.